The molecule has 0 aromatic heterocycles. The molecule has 2 nitrogen and oxygen atoms in total. The maximum absolute atomic E-state index is 3.67. The van der Waals surface area contributed by atoms with Crippen LogP contribution in [0.5, 0.6) is 0 Å². The Hall–Kier alpha value is -0.380. The van der Waals surface area contributed by atoms with Gasteiger partial charge < -0.3 is 10.2 Å². The highest BCUT2D eigenvalue weighted by atomic mass is 79.9. The highest BCUT2D eigenvalue weighted by molar-refractivity contribution is 9.10. The van der Waals surface area contributed by atoms with Crippen molar-refractivity contribution in [2.45, 2.75) is 45.6 Å². The zero-order valence-electron chi connectivity index (χ0n) is 13.7. The van der Waals surface area contributed by atoms with Gasteiger partial charge in [0.05, 0.1) is 0 Å². The largest absolute Gasteiger partial charge is 0.313 e. The highest BCUT2D eigenvalue weighted by Crippen LogP contribution is 2.34. The van der Waals surface area contributed by atoms with Gasteiger partial charge in [0.25, 0.3) is 0 Å². The quantitative estimate of drug-likeness (QED) is 0.803. The second-order valence-corrected chi connectivity index (χ2v) is 7.51. The second-order valence-electron chi connectivity index (χ2n) is 6.66. The Kier molecular flexibility index (Phi) is 6.27. The first-order valence-corrected chi connectivity index (χ1v) is 9.01. The topological polar surface area (TPSA) is 15.3 Å². The molecule has 1 aliphatic rings. The minimum Gasteiger partial charge on any atom is -0.313 e. The molecule has 1 heterocycles. The van der Waals surface area contributed by atoms with Gasteiger partial charge in [-0.15, -0.1) is 0 Å². The molecular weight excluding hydrogens is 324 g/mol. The second kappa shape index (κ2) is 7.75. The molecular formula is C18H29BrN2. The van der Waals surface area contributed by atoms with E-state index in [1.807, 2.05) is 0 Å². The third kappa shape index (κ3) is 4.54. The van der Waals surface area contributed by atoms with Gasteiger partial charge in [0.2, 0.25) is 0 Å². The van der Waals surface area contributed by atoms with Crippen LogP contribution in [-0.4, -0.2) is 31.6 Å². The number of benzene rings is 1. The monoisotopic (exact) mass is 352 g/mol. The summed E-state index contributed by atoms with van der Waals surface area (Å²) < 4.78 is 1.21. The first-order chi connectivity index (χ1) is 10.1. The summed E-state index contributed by atoms with van der Waals surface area (Å²) in [6, 6.07) is 8.98. The lowest BCUT2D eigenvalue weighted by molar-refractivity contribution is 0.111. The van der Waals surface area contributed by atoms with Gasteiger partial charge in [-0.2, -0.15) is 0 Å². The summed E-state index contributed by atoms with van der Waals surface area (Å²) in [5.74, 6) is 0. The molecule has 0 amide bonds. The van der Waals surface area contributed by atoms with Crippen LogP contribution in [0, 0.1) is 5.41 Å². The lowest BCUT2D eigenvalue weighted by Crippen LogP contribution is -2.39. The highest BCUT2D eigenvalue weighted by Gasteiger charge is 2.28. The van der Waals surface area contributed by atoms with Crippen molar-refractivity contribution in [3.8, 4) is 0 Å². The third-order valence-electron chi connectivity index (χ3n) is 5.28. The summed E-state index contributed by atoms with van der Waals surface area (Å²) in [7, 11) is 2.06. The zero-order valence-corrected chi connectivity index (χ0v) is 15.2. The van der Waals surface area contributed by atoms with Gasteiger partial charge in [-0.3, -0.25) is 0 Å². The summed E-state index contributed by atoms with van der Waals surface area (Å²) in [6.07, 6.45) is 5.18. The Morgan fingerprint density at radius 3 is 2.52 bits per heavy atom. The number of nitrogens with zero attached hydrogens (tertiary/aromatic N) is 1. The van der Waals surface area contributed by atoms with Crippen molar-refractivity contribution in [3.63, 3.8) is 0 Å². The molecule has 1 fully saturated rings. The first kappa shape index (κ1) is 17.0. The molecule has 1 N–H and O–H groups in total. The summed E-state index contributed by atoms with van der Waals surface area (Å²) in [6.45, 7) is 8.49. The molecule has 1 aromatic carbocycles. The number of hydrogen-bond donors (Lipinski definition) is 1. The van der Waals surface area contributed by atoms with Gasteiger partial charge in [0, 0.05) is 10.5 Å². The van der Waals surface area contributed by atoms with Gasteiger partial charge in [0.15, 0.2) is 0 Å². The SMILES string of the molecule is CCC1(C)CCN(CCC(NC)c2ccccc2Br)CC1. The maximum Gasteiger partial charge on any atom is 0.0340 e. The van der Waals surface area contributed by atoms with E-state index < -0.39 is 0 Å². The van der Waals surface area contributed by atoms with Gasteiger partial charge >= 0.3 is 0 Å². The van der Waals surface area contributed by atoms with Crippen LogP contribution in [0.4, 0.5) is 0 Å². The third-order valence-corrected chi connectivity index (χ3v) is 6.00. The molecule has 118 valence electrons. The Morgan fingerprint density at radius 1 is 1.29 bits per heavy atom. The number of nitrogens with one attached hydrogen (secondary N) is 1. The van der Waals surface area contributed by atoms with Crippen molar-refractivity contribution in [1.29, 1.82) is 0 Å². The lowest BCUT2D eigenvalue weighted by atomic mass is 9.78. The Morgan fingerprint density at radius 2 is 1.95 bits per heavy atom. The summed E-state index contributed by atoms with van der Waals surface area (Å²) in [5.41, 5.74) is 1.96. The molecule has 2 rings (SSSR count). The van der Waals surface area contributed by atoms with Crippen molar-refractivity contribution in [2.24, 2.45) is 5.41 Å². The van der Waals surface area contributed by atoms with Crippen molar-refractivity contribution in [3.05, 3.63) is 34.3 Å². The predicted molar refractivity (Wildman–Crippen MR) is 94.6 cm³/mol. The predicted octanol–water partition coefficient (Wildman–Crippen LogP) is 4.61. The zero-order chi connectivity index (χ0) is 15.3. The summed E-state index contributed by atoms with van der Waals surface area (Å²) >= 11 is 3.67. The molecule has 1 atom stereocenters. The van der Waals surface area contributed by atoms with E-state index in [9.17, 15) is 0 Å². The van der Waals surface area contributed by atoms with E-state index in [0.29, 0.717) is 11.5 Å². The molecule has 0 bridgehead atoms. The van der Waals surface area contributed by atoms with E-state index >= 15 is 0 Å². The van der Waals surface area contributed by atoms with E-state index in [-0.39, 0.29) is 0 Å². The van der Waals surface area contributed by atoms with Crippen LogP contribution in [0.1, 0.15) is 51.1 Å². The average Bonchev–Trinajstić information content (AvgIpc) is 2.51. The summed E-state index contributed by atoms with van der Waals surface area (Å²) in [4.78, 5) is 2.64. The molecule has 1 saturated heterocycles. The lowest BCUT2D eigenvalue weighted by Gasteiger charge is -2.39. The van der Waals surface area contributed by atoms with Gasteiger partial charge in [0.1, 0.15) is 0 Å². The van der Waals surface area contributed by atoms with Gasteiger partial charge in [-0.1, -0.05) is 54.4 Å². The molecule has 1 aromatic rings. The molecule has 0 radical (unpaired) electrons. The maximum atomic E-state index is 3.67. The number of rotatable bonds is 6. The van der Waals surface area contributed by atoms with E-state index in [1.165, 1.54) is 55.4 Å². The molecule has 0 spiro atoms. The number of halogens is 1. The van der Waals surface area contributed by atoms with Crippen LogP contribution in [-0.2, 0) is 0 Å². The molecule has 0 saturated carbocycles. The van der Waals surface area contributed by atoms with Crippen molar-refractivity contribution < 1.29 is 0 Å². The number of piperidine rings is 1. The van der Waals surface area contributed by atoms with E-state index in [1.54, 1.807) is 0 Å². The fraction of sp³-hybridized carbons (Fsp3) is 0.667. The molecule has 1 aliphatic heterocycles. The Balaban J connectivity index is 1.86. The smallest absolute Gasteiger partial charge is 0.0340 e. The van der Waals surface area contributed by atoms with Crippen molar-refractivity contribution in [2.75, 3.05) is 26.7 Å². The first-order valence-electron chi connectivity index (χ1n) is 8.22. The Bertz CT molecular complexity index is 439. The standard InChI is InChI=1S/C18H29BrN2/c1-4-18(2)10-13-21(14-11-18)12-9-17(20-3)15-7-5-6-8-16(15)19/h5-8,17,20H,4,9-14H2,1-3H3. The van der Waals surface area contributed by atoms with E-state index in [0.717, 1.165) is 0 Å². The fourth-order valence-electron chi connectivity index (χ4n) is 3.19. The van der Waals surface area contributed by atoms with Crippen LogP contribution >= 0.6 is 15.9 Å². The number of likely N-dealkylation sites (tertiary alicyclic amines) is 1. The minimum atomic E-state index is 0.431. The normalized spacial score (nSPS) is 20.4. The van der Waals surface area contributed by atoms with Crippen LogP contribution < -0.4 is 5.32 Å². The Labute approximate surface area is 138 Å². The summed E-state index contributed by atoms with van der Waals surface area (Å²) in [5, 5.41) is 3.47. The molecule has 0 aliphatic carbocycles. The van der Waals surface area contributed by atoms with Crippen LogP contribution in [0.25, 0.3) is 0 Å². The van der Waals surface area contributed by atoms with E-state index in [2.05, 4.69) is 71.3 Å². The number of hydrogen-bond acceptors (Lipinski definition) is 2. The van der Waals surface area contributed by atoms with Crippen LogP contribution in [0.2, 0.25) is 0 Å². The van der Waals surface area contributed by atoms with Gasteiger partial charge in [-0.25, -0.2) is 0 Å². The van der Waals surface area contributed by atoms with Gasteiger partial charge in [-0.05, 0) is 63.0 Å². The minimum absolute atomic E-state index is 0.431. The van der Waals surface area contributed by atoms with Crippen LogP contribution in [0.15, 0.2) is 28.7 Å². The van der Waals surface area contributed by atoms with Crippen molar-refractivity contribution in [1.82, 2.24) is 10.2 Å². The average molecular weight is 353 g/mol. The molecule has 3 heteroatoms. The van der Waals surface area contributed by atoms with Crippen molar-refractivity contribution >= 4 is 15.9 Å². The fourth-order valence-corrected chi connectivity index (χ4v) is 3.76. The molecule has 21 heavy (non-hydrogen) atoms. The van der Waals surface area contributed by atoms with E-state index in [4.69, 9.17) is 0 Å². The van der Waals surface area contributed by atoms with Crippen LogP contribution in [0.3, 0.4) is 0 Å². The molecule has 1 unspecified atom stereocenters.